The minimum Gasteiger partial charge on any atom is -0.459 e. The molecule has 8 nitrogen and oxygen atoms in total. The van der Waals surface area contributed by atoms with Gasteiger partial charge in [0.2, 0.25) is 5.91 Å². The number of nitrogens with two attached hydrogens (primary N) is 1. The molecule has 0 spiro atoms. The highest BCUT2D eigenvalue weighted by atomic mass is 16.3. The number of rotatable bonds is 3. The van der Waals surface area contributed by atoms with Gasteiger partial charge in [0.25, 0.3) is 11.5 Å². The van der Waals surface area contributed by atoms with E-state index in [0.29, 0.717) is 46.9 Å². The first-order chi connectivity index (χ1) is 13.4. The topological polar surface area (TPSA) is 122 Å². The van der Waals surface area contributed by atoms with E-state index in [1.807, 2.05) is 6.92 Å². The molecule has 0 fully saturated rings. The largest absolute Gasteiger partial charge is 0.459 e. The van der Waals surface area contributed by atoms with Crippen LogP contribution in [0.4, 0.5) is 0 Å². The Hall–Kier alpha value is -3.68. The maximum atomic E-state index is 12.7. The molecule has 1 aliphatic heterocycles. The van der Waals surface area contributed by atoms with Gasteiger partial charge in [0, 0.05) is 28.8 Å². The van der Waals surface area contributed by atoms with Crippen molar-refractivity contribution in [2.45, 2.75) is 19.9 Å². The minimum atomic E-state index is -0.527. The fourth-order valence-electron chi connectivity index (χ4n) is 3.28. The number of fused-ring (bicyclic) bond motifs is 1. The van der Waals surface area contributed by atoms with E-state index in [9.17, 15) is 14.4 Å². The number of furan rings is 1. The number of aryl methyl sites for hydroxylation is 1. The first-order valence-corrected chi connectivity index (χ1v) is 8.79. The SMILES string of the molecule is Cc1ccoc1C(=O)N1CCc2c(nc(-c3ccc(C(N)=O)cc3)[nH]c2=O)C1. The molecule has 0 bridgehead atoms. The van der Waals surface area contributed by atoms with E-state index in [-0.39, 0.29) is 18.0 Å². The zero-order valence-corrected chi connectivity index (χ0v) is 15.2. The Balaban J connectivity index is 1.66. The Morgan fingerprint density at radius 1 is 1.21 bits per heavy atom. The maximum absolute atomic E-state index is 12.7. The summed E-state index contributed by atoms with van der Waals surface area (Å²) in [5, 5.41) is 0. The second-order valence-corrected chi connectivity index (χ2v) is 6.69. The molecule has 3 aromatic rings. The van der Waals surface area contributed by atoms with Crippen LogP contribution in [0.2, 0.25) is 0 Å². The monoisotopic (exact) mass is 378 g/mol. The van der Waals surface area contributed by atoms with Crippen LogP contribution in [0, 0.1) is 6.92 Å². The molecule has 3 N–H and O–H groups in total. The lowest BCUT2D eigenvalue weighted by atomic mass is 10.0. The second-order valence-electron chi connectivity index (χ2n) is 6.69. The van der Waals surface area contributed by atoms with Gasteiger partial charge in [0.1, 0.15) is 5.82 Å². The van der Waals surface area contributed by atoms with E-state index in [4.69, 9.17) is 10.2 Å². The van der Waals surface area contributed by atoms with Crippen molar-refractivity contribution in [3.63, 3.8) is 0 Å². The summed E-state index contributed by atoms with van der Waals surface area (Å²) in [6, 6.07) is 8.23. The first kappa shape index (κ1) is 17.7. The number of nitrogens with zero attached hydrogens (tertiary/aromatic N) is 2. The van der Waals surface area contributed by atoms with Gasteiger partial charge >= 0.3 is 0 Å². The van der Waals surface area contributed by atoms with Gasteiger partial charge in [-0.2, -0.15) is 0 Å². The molecule has 2 aromatic heterocycles. The molecule has 0 aliphatic carbocycles. The van der Waals surface area contributed by atoms with Crippen molar-refractivity contribution in [1.82, 2.24) is 14.9 Å². The van der Waals surface area contributed by atoms with Crippen LogP contribution in [-0.4, -0.2) is 33.2 Å². The fraction of sp³-hybridized carbons (Fsp3) is 0.200. The lowest BCUT2D eigenvalue weighted by molar-refractivity contribution is 0.0698. The highest BCUT2D eigenvalue weighted by molar-refractivity contribution is 5.93. The van der Waals surface area contributed by atoms with Crippen molar-refractivity contribution in [2.75, 3.05) is 6.54 Å². The summed E-state index contributed by atoms with van der Waals surface area (Å²) in [6.45, 7) is 2.46. The van der Waals surface area contributed by atoms with Gasteiger partial charge in [-0.15, -0.1) is 0 Å². The number of amides is 2. The number of primary amides is 1. The summed E-state index contributed by atoms with van der Waals surface area (Å²) in [5.74, 6) is -0.0674. The third kappa shape index (κ3) is 3.09. The van der Waals surface area contributed by atoms with E-state index < -0.39 is 5.91 Å². The Kier molecular flexibility index (Phi) is 4.31. The molecule has 2 amide bonds. The highest BCUT2D eigenvalue weighted by Crippen LogP contribution is 2.21. The lowest BCUT2D eigenvalue weighted by Crippen LogP contribution is -2.39. The minimum absolute atomic E-state index is 0.220. The van der Waals surface area contributed by atoms with Crippen LogP contribution in [0.1, 0.15) is 37.7 Å². The molecule has 8 heteroatoms. The van der Waals surface area contributed by atoms with Gasteiger partial charge in [-0.1, -0.05) is 12.1 Å². The zero-order chi connectivity index (χ0) is 19.8. The molecule has 0 saturated heterocycles. The lowest BCUT2D eigenvalue weighted by Gasteiger charge is -2.27. The van der Waals surface area contributed by atoms with E-state index in [0.717, 1.165) is 5.56 Å². The molecule has 1 aliphatic rings. The van der Waals surface area contributed by atoms with Crippen LogP contribution < -0.4 is 11.3 Å². The quantitative estimate of drug-likeness (QED) is 0.717. The van der Waals surface area contributed by atoms with Crippen LogP contribution in [0.3, 0.4) is 0 Å². The van der Waals surface area contributed by atoms with Gasteiger partial charge in [-0.25, -0.2) is 4.98 Å². The van der Waals surface area contributed by atoms with Gasteiger partial charge < -0.3 is 20.0 Å². The molecule has 0 atom stereocenters. The fourth-order valence-corrected chi connectivity index (χ4v) is 3.28. The van der Waals surface area contributed by atoms with E-state index in [1.165, 1.54) is 6.26 Å². The molecular formula is C20H18N4O4. The van der Waals surface area contributed by atoms with E-state index >= 15 is 0 Å². The predicted molar refractivity (Wildman–Crippen MR) is 101 cm³/mol. The molecule has 142 valence electrons. The molecular weight excluding hydrogens is 360 g/mol. The Morgan fingerprint density at radius 2 is 1.96 bits per heavy atom. The summed E-state index contributed by atoms with van der Waals surface area (Å²) in [6.07, 6.45) is 1.90. The summed E-state index contributed by atoms with van der Waals surface area (Å²) < 4.78 is 5.30. The Labute approximate surface area is 160 Å². The highest BCUT2D eigenvalue weighted by Gasteiger charge is 2.27. The second kappa shape index (κ2) is 6.80. The molecule has 0 saturated carbocycles. The Bertz CT molecular complexity index is 1130. The number of carbonyl (C=O) groups is 2. The molecule has 0 radical (unpaired) electrons. The molecule has 1 aromatic carbocycles. The van der Waals surface area contributed by atoms with Gasteiger partial charge in [0.15, 0.2) is 5.76 Å². The van der Waals surface area contributed by atoms with Crippen LogP contribution in [0.25, 0.3) is 11.4 Å². The molecule has 4 rings (SSSR count). The molecule has 0 unspecified atom stereocenters. The van der Waals surface area contributed by atoms with Crippen LogP contribution in [0.15, 0.2) is 45.8 Å². The van der Waals surface area contributed by atoms with Crippen molar-refractivity contribution in [3.05, 3.63) is 75.1 Å². The third-order valence-corrected chi connectivity index (χ3v) is 4.86. The summed E-state index contributed by atoms with van der Waals surface area (Å²) in [7, 11) is 0. The van der Waals surface area contributed by atoms with Gasteiger partial charge in [-0.05, 0) is 31.5 Å². The maximum Gasteiger partial charge on any atom is 0.290 e. The van der Waals surface area contributed by atoms with Crippen LogP contribution in [0.5, 0.6) is 0 Å². The number of hydrogen-bond acceptors (Lipinski definition) is 5. The number of hydrogen-bond donors (Lipinski definition) is 2. The third-order valence-electron chi connectivity index (χ3n) is 4.86. The van der Waals surface area contributed by atoms with Crippen molar-refractivity contribution in [1.29, 1.82) is 0 Å². The molecule has 28 heavy (non-hydrogen) atoms. The summed E-state index contributed by atoms with van der Waals surface area (Å²) in [5.41, 5.74) is 7.96. The number of aromatic nitrogens is 2. The smallest absolute Gasteiger partial charge is 0.290 e. The van der Waals surface area contributed by atoms with Crippen LogP contribution >= 0.6 is 0 Å². The number of H-pyrrole nitrogens is 1. The first-order valence-electron chi connectivity index (χ1n) is 8.79. The average Bonchev–Trinajstić information content (AvgIpc) is 3.12. The average molecular weight is 378 g/mol. The number of aromatic amines is 1. The summed E-state index contributed by atoms with van der Waals surface area (Å²) >= 11 is 0. The molecule has 3 heterocycles. The standard InChI is InChI=1S/C20H18N4O4/c1-11-7-9-28-16(11)20(27)24-8-6-14-15(10-24)22-18(23-19(14)26)13-4-2-12(3-5-13)17(21)25/h2-5,7,9H,6,8,10H2,1H3,(H2,21,25)(H,22,23,26). The van der Waals surface area contributed by atoms with Crippen molar-refractivity contribution in [2.24, 2.45) is 5.73 Å². The normalized spacial score (nSPS) is 13.2. The summed E-state index contributed by atoms with van der Waals surface area (Å²) in [4.78, 5) is 45.4. The van der Waals surface area contributed by atoms with Crippen molar-refractivity contribution in [3.8, 4) is 11.4 Å². The van der Waals surface area contributed by atoms with Crippen molar-refractivity contribution < 1.29 is 14.0 Å². The Morgan fingerprint density at radius 3 is 2.61 bits per heavy atom. The van der Waals surface area contributed by atoms with Gasteiger partial charge in [-0.3, -0.25) is 14.4 Å². The van der Waals surface area contributed by atoms with E-state index in [1.54, 1.807) is 35.2 Å². The van der Waals surface area contributed by atoms with Crippen LogP contribution in [-0.2, 0) is 13.0 Å². The number of carbonyl (C=O) groups excluding carboxylic acids is 2. The zero-order valence-electron chi connectivity index (χ0n) is 15.2. The van der Waals surface area contributed by atoms with E-state index in [2.05, 4.69) is 9.97 Å². The number of benzene rings is 1. The van der Waals surface area contributed by atoms with Crippen molar-refractivity contribution >= 4 is 11.8 Å². The number of nitrogens with one attached hydrogen (secondary N) is 1. The predicted octanol–water partition coefficient (Wildman–Crippen LogP) is 1.64. The van der Waals surface area contributed by atoms with Gasteiger partial charge in [0.05, 0.1) is 18.5 Å².